The monoisotopic (exact) mass is 379 g/mol. The maximum absolute atomic E-state index is 13.1. The highest BCUT2D eigenvalue weighted by molar-refractivity contribution is 5.94. The number of aryl methyl sites for hydroxylation is 1. The Morgan fingerprint density at radius 1 is 1.33 bits per heavy atom. The normalized spacial score (nSPS) is 15.7. The Kier molecular flexibility index (Phi) is 8.78. The highest BCUT2D eigenvalue weighted by Crippen LogP contribution is 2.16. The van der Waals surface area contributed by atoms with Gasteiger partial charge in [-0.1, -0.05) is 31.8 Å². The van der Waals surface area contributed by atoms with Crippen LogP contribution in [0, 0.1) is 12.8 Å². The van der Waals surface area contributed by atoms with Gasteiger partial charge >= 0.3 is 0 Å². The maximum Gasteiger partial charge on any atom is 0.245 e. The van der Waals surface area contributed by atoms with Crippen LogP contribution in [0.2, 0.25) is 0 Å². The van der Waals surface area contributed by atoms with E-state index >= 15 is 0 Å². The number of aromatic nitrogens is 1. The Balaban J connectivity index is 1.97. The molecule has 1 aromatic rings. The summed E-state index contributed by atoms with van der Waals surface area (Å²) in [5.74, 6) is 0.921. The predicted octanol–water partition coefficient (Wildman–Crippen LogP) is 1.65. The predicted molar refractivity (Wildman–Crippen MR) is 105 cm³/mol. The Morgan fingerprint density at radius 3 is 2.67 bits per heavy atom. The number of carbonyl (C=O) groups excluding carboxylic acids is 2. The first-order chi connectivity index (χ1) is 13.0. The Hall–Kier alpha value is -1.89. The van der Waals surface area contributed by atoms with Crippen molar-refractivity contribution in [1.82, 2.24) is 10.1 Å². The van der Waals surface area contributed by atoms with E-state index in [-0.39, 0.29) is 24.3 Å². The summed E-state index contributed by atoms with van der Waals surface area (Å²) in [6.45, 7) is 9.91. The van der Waals surface area contributed by atoms with E-state index in [2.05, 4.69) is 24.3 Å². The van der Waals surface area contributed by atoms with Gasteiger partial charge in [0.15, 0.2) is 5.82 Å². The summed E-state index contributed by atoms with van der Waals surface area (Å²) in [6.07, 6.45) is 6.33. The summed E-state index contributed by atoms with van der Waals surface area (Å²) in [4.78, 5) is 28.8. The molecule has 2 amide bonds. The smallest absolute Gasteiger partial charge is 0.245 e. The van der Waals surface area contributed by atoms with Gasteiger partial charge in [0.05, 0.1) is 26.2 Å². The number of carbonyl (C=O) groups is 2. The number of likely N-dealkylation sites (tertiary alicyclic amines) is 1. The van der Waals surface area contributed by atoms with Gasteiger partial charge in [-0.15, -0.1) is 0 Å². The Labute approximate surface area is 162 Å². The standard InChI is InChI=1S/C20H34N4O3/c1-4-6-9-17(5-2)20(26)24(13-12-23-10-7-8-11-23)15-19(25)21-18-14-16(3)27-22-18/h14,17H,4-13,15H2,1-3H3,(H,21,22,25)/p+1/t17-/m1/s1. The SMILES string of the molecule is CCCC[C@@H](CC)C(=O)N(CC[NH+]1CCCC1)CC(=O)Nc1cc(C)on1. The van der Waals surface area contributed by atoms with Crippen LogP contribution in [0.1, 0.15) is 58.1 Å². The fraction of sp³-hybridized carbons (Fsp3) is 0.750. The summed E-state index contributed by atoms with van der Waals surface area (Å²) in [5, 5.41) is 6.53. The average molecular weight is 380 g/mol. The molecule has 1 atom stereocenters. The van der Waals surface area contributed by atoms with E-state index in [1.807, 2.05) is 0 Å². The molecule has 0 aromatic carbocycles. The molecule has 0 unspecified atom stereocenters. The molecule has 2 N–H and O–H groups in total. The zero-order valence-electron chi connectivity index (χ0n) is 17.1. The van der Waals surface area contributed by atoms with E-state index in [0.29, 0.717) is 18.1 Å². The highest BCUT2D eigenvalue weighted by Gasteiger charge is 2.26. The maximum atomic E-state index is 13.1. The molecule has 152 valence electrons. The molecule has 0 spiro atoms. The van der Waals surface area contributed by atoms with Crippen molar-refractivity contribution in [3.63, 3.8) is 0 Å². The number of nitrogens with one attached hydrogen (secondary N) is 2. The van der Waals surface area contributed by atoms with Crippen molar-refractivity contribution in [2.24, 2.45) is 5.92 Å². The third-order valence-corrected chi connectivity index (χ3v) is 5.34. The molecule has 1 aliphatic heterocycles. The molecule has 1 fully saturated rings. The molecule has 1 saturated heterocycles. The van der Waals surface area contributed by atoms with Crippen LogP contribution in [0.4, 0.5) is 5.82 Å². The molecule has 0 radical (unpaired) electrons. The van der Waals surface area contributed by atoms with Gasteiger partial charge in [0.1, 0.15) is 12.3 Å². The number of amides is 2. The number of hydrogen-bond donors (Lipinski definition) is 2. The lowest BCUT2D eigenvalue weighted by atomic mass is 9.97. The van der Waals surface area contributed by atoms with Crippen LogP contribution in [0.15, 0.2) is 10.6 Å². The average Bonchev–Trinajstić information content (AvgIpc) is 3.30. The molecule has 2 rings (SSSR count). The molecule has 1 aliphatic rings. The van der Waals surface area contributed by atoms with Crippen molar-refractivity contribution < 1.29 is 19.0 Å². The number of quaternary nitrogens is 1. The molecule has 0 bridgehead atoms. The van der Waals surface area contributed by atoms with Gasteiger partial charge in [-0.2, -0.15) is 0 Å². The summed E-state index contributed by atoms with van der Waals surface area (Å²) in [6, 6.07) is 1.68. The molecule has 0 aliphatic carbocycles. The fourth-order valence-corrected chi connectivity index (χ4v) is 3.68. The largest absolute Gasteiger partial charge is 0.360 e. The summed E-state index contributed by atoms with van der Waals surface area (Å²) in [5.41, 5.74) is 0. The topological polar surface area (TPSA) is 79.9 Å². The van der Waals surface area contributed by atoms with Crippen molar-refractivity contribution >= 4 is 17.6 Å². The van der Waals surface area contributed by atoms with Crippen molar-refractivity contribution in [3.8, 4) is 0 Å². The Bertz CT molecular complexity index is 596. The van der Waals surface area contributed by atoms with Crippen LogP contribution in [0.3, 0.4) is 0 Å². The zero-order valence-corrected chi connectivity index (χ0v) is 17.1. The van der Waals surface area contributed by atoms with E-state index in [1.54, 1.807) is 17.9 Å². The molecule has 27 heavy (non-hydrogen) atoms. The van der Waals surface area contributed by atoms with Crippen LogP contribution in [-0.2, 0) is 9.59 Å². The minimum absolute atomic E-state index is 0.000577. The van der Waals surface area contributed by atoms with Crippen LogP contribution >= 0.6 is 0 Å². The highest BCUT2D eigenvalue weighted by atomic mass is 16.5. The molecular formula is C20H35N4O3+. The van der Waals surface area contributed by atoms with Crippen LogP contribution in [-0.4, -0.2) is 54.6 Å². The summed E-state index contributed by atoms with van der Waals surface area (Å²) < 4.78 is 4.98. The third-order valence-electron chi connectivity index (χ3n) is 5.34. The van der Waals surface area contributed by atoms with E-state index in [1.165, 1.54) is 30.8 Å². The van der Waals surface area contributed by atoms with Crippen molar-refractivity contribution in [3.05, 3.63) is 11.8 Å². The Morgan fingerprint density at radius 2 is 2.07 bits per heavy atom. The van der Waals surface area contributed by atoms with E-state index < -0.39 is 0 Å². The number of anilines is 1. The van der Waals surface area contributed by atoms with Crippen LogP contribution < -0.4 is 10.2 Å². The summed E-state index contributed by atoms with van der Waals surface area (Å²) >= 11 is 0. The van der Waals surface area contributed by atoms with Gasteiger partial charge in [-0.05, 0) is 19.8 Å². The van der Waals surface area contributed by atoms with E-state index in [4.69, 9.17) is 4.52 Å². The second-order valence-corrected chi connectivity index (χ2v) is 7.59. The van der Waals surface area contributed by atoms with Gasteiger partial charge < -0.3 is 19.6 Å². The van der Waals surface area contributed by atoms with Gasteiger partial charge in [0.2, 0.25) is 11.8 Å². The lowest BCUT2D eigenvalue weighted by molar-refractivity contribution is -0.886. The second-order valence-electron chi connectivity index (χ2n) is 7.59. The number of rotatable bonds is 11. The van der Waals surface area contributed by atoms with Gasteiger partial charge in [-0.25, -0.2) is 0 Å². The zero-order chi connectivity index (χ0) is 19.6. The first kappa shape index (κ1) is 21.4. The molecule has 1 aromatic heterocycles. The van der Waals surface area contributed by atoms with Crippen molar-refractivity contribution in [2.75, 3.05) is 38.0 Å². The molecule has 2 heterocycles. The van der Waals surface area contributed by atoms with Crippen molar-refractivity contribution in [1.29, 1.82) is 0 Å². The minimum atomic E-state index is -0.224. The number of unbranched alkanes of at least 4 members (excludes halogenated alkanes) is 1. The number of hydrogen-bond acceptors (Lipinski definition) is 4. The number of nitrogens with zero attached hydrogens (tertiary/aromatic N) is 2. The summed E-state index contributed by atoms with van der Waals surface area (Å²) in [7, 11) is 0. The van der Waals surface area contributed by atoms with Gasteiger partial charge in [0, 0.05) is 24.8 Å². The first-order valence-electron chi connectivity index (χ1n) is 10.4. The van der Waals surface area contributed by atoms with Crippen molar-refractivity contribution in [2.45, 2.75) is 59.3 Å². The quantitative estimate of drug-likeness (QED) is 0.613. The van der Waals surface area contributed by atoms with E-state index in [0.717, 1.165) is 32.2 Å². The second kappa shape index (κ2) is 11.1. The molecule has 7 nitrogen and oxygen atoms in total. The lowest BCUT2D eigenvalue weighted by Gasteiger charge is -2.27. The first-order valence-corrected chi connectivity index (χ1v) is 10.4. The molecular weight excluding hydrogens is 344 g/mol. The lowest BCUT2D eigenvalue weighted by Crippen LogP contribution is -3.10. The van der Waals surface area contributed by atoms with Crippen LogP contribution in [0.5, 0.6) is 0 Å². The molecule has 0 saturated carbocycles. The third kappa shape index (κ3) is 6.97. The molecule has 7 heteroatoms. The van der Waals surface area contributed by atoms with Gasteiger partial charge in [0.25, 0.3) is 0 Å². The van der Waals surface area contributed by atoms with E-state index in [9.17, 15) is 9.59 Å². The minimum Gasteiger partial charge on any atom is -0.360 e. The van der Waals surface area contributed by atoms with Gasteiger partial charge in [-0.3, -0.25) is 9.59 Å². The fourth-order valence-electron chi connectivity index (χ4n) is 3.68. The van der Waals surface area contributed by atoms with Crippen LogP contribution in [0.25, 0.3) is 0 Å².